The van der Waals surface area contributed by atoms with Crippen LogP contribution >= 0.6 is 22.6 Å². The van der Waals surface area contributed by atoms with E-state index < -0.39 is 0 Å². The van der Waals surface area contributed by atoms with Crippen LogP contribution < -0.4 is 14.8 Å². The predicted molar refractivity (Wildman–Crippen MR) is 111 cm³/mol. The Morgan fingerprint density at radius 2 is 1.85 bits per heavy atom. The minimum atomic E-state index is -0.155. The van der Waals surface area contributed by atoms with Gasteiger partial charge in [0.05, 0.1) is 26.3 Å². The molecule has 0 saturated carbocycles. The Morgan fingerprint density at radius 1 is 1.11 bits per heavy atom. The van der Waals surface area contributed by atoms with E-state index in [0.717, 1.165) is 14.7 Å². The first-order chi connectivity index (χ1) is 13.1. The molecule has 3 rings (SSSR count). The fourth-order valence-corrected chi connectivity index (χ4v) is 3.41. The summed E-state index contributed by atoms with van der Waals surface area (Å²) in [4.78, 5) is 12.6. The fraction of sp³-hybridized carbons (Fsp3) is 0.200. The molecule has 0 spiro atoms. The van der Waals surface area contributed by atoms with Crippen LogP contribution in [0.15, 0.2) is 54.9 Å². The van der Waals surface area contributed by atoms with Crippen LogP contribution in [-0.4, -0.2) is 29.9 Å². The van der Waals surface area contributed by atoms with Gasteiger partial charge >= 0.3 is 0 Å². The maximum absolute atomic E-state index is 12.6. The highest BCUT2D eigenvalue weighted by molar-refractivity contribution is 14.1. The second-order valence-electron chi connectivity index (χ2n) is 5.89. The molecular weight excluding hydrogens is 457 g/mol. The molecule has 140 valence electrons. The maximum atomic E-state index is 12.6. The van der Waals surface area contributed by atoms with E-state index in [9.17, 15) is 4.79 Å². The van der Waals surface area contributed by atoms with Gasteiger partial charge in [0.25, 0.3) is 5.91 Å². The van der Waals surface area contributed by atoms with Gasteiger partial charge in [-0.15, -0.1) is 0 Å². The summed E-state index contributed by atoms with van der Waals surface area (Å²) in [5.41, 5.74) is 2.72. The van der Waals surface area contributed by atoms with Crippen molar-refractivity contribution in [1.82, 2.24) is 15.1 Å². The fourth-order valence-electron chi connectivity index (χ4n) is 2.72. The number of halogens is 1. The third-order valence-corrected chi connectivity index (χ3v) is 4.96. The predicted octanol–water partition coefficient (Wildman–Crippen LogP) is 3.48. The van der Waals surface area contributed by atoms with Gasteiger partial charge in [-0.2, -0.15) is 5.10 Å². The molecule has 2 aromatic carbocycles. The van der Waals surface area contributed by atoms with E-state index in [0.29, 0.717) is 30.2 Å². The van der Waals surface area contributed by atoms with Gasteiger partial charge in [0.2, 0.25) is 0 Å². The molecule has 0 atom stereocenters. The summed E-state index contributed by atoms with van der Waals surface area (Å²) < 4.78 is 13.2. The van der Waals surface area contributed by atoms with E-state index in [2.05, 4.69) is 39.1 Å². The van der Waals surface area contributed by atoms with E-state index in [1.165, 1.54) is 0 Å². The normalized spacial score (nSPS) is 10.5. The lowest BCUT2D eigenvalue weighted by atomic mass is 10.1. The first kappa shape index (κ1) is 19.2. The molecule has 0 aliphatic heterocycles. The summed E-state index contributed by atoms with van der Waals surface area (Å²) in [7, 11) is 3.13. The third-order valence-electron chi connectivity index (χ3n) is 4.07. The van der Waals surface area contributed by atoms with E-state index >= 15 is 0 Å². The monoisotopic (exact) mass is 477 g/mol. The van der Waals surface area contributed by atoms with Crippen molar-refractivity contribution < 1.29 is 14.3 Å². The molecule has 0 aliphatic carbocycles. The summed E-state index contributed by atoms with van der Waals surface area (Å²) in [5, 5.41) is 7.19. The van der Waals surface area contributed by atoms with Crippen molar-refractivity contribution in [3.05, 3.63) is 75.1 Å². The number of amides is 1. The molecule has 1 amide bonds. The van der Waals surface area contributed by atoms with Crippen LogP contribution in [0.2, 0.25) is 0 Å². The molecule has 0 radical (unpaired) electrons. The zero-order valence-electron chi connectivity index (χ0n) is 15.1. The topological polar surface area (TPSA) is 65.4 Å². The minimum Gasteiger partial charge on any atom is -0.493 e. The summed E-state index contributed by atoms with van der Waals surface area (Å²) in [6.45, 7) is 1.14. The number of nitrogens with zero attached hydrogens (tertiary/aromatic N) is 2. The van der Waals surface area contributed by atoms with Crippen molar-refractivity contribution in [2.75, 3.05) is 14.2 Å². The lowest BCUT2D eigenvalue weighted by Crippen LogP contribution is -2.24. The second-order valence-corrected chi connectivity index (χ2v) is 7.06. The Bertz CT molecular complexity index is 926. The lowest BCUT2D eigenvalue weighted by molar-refractivity contribution is 0.0949. The van der Waals surface area contributed by atoms with Crippen molar-refractivity contribution in [3.8, 4) is 11.5 Å². The van der Waals surface area contributed by atoms with E-state index in [4.69, 9.17) is 9.47 Å². The van der Waals surface area contributed by atoms with Crippen molar-refractivity contribution >= 4 is 28.5 Å². The Hall–Kier alpha value is -2.55. The molecular formula is C20H20IN3O3. The van der Waals surface area contributed by atoms with E-state index in [1.807, 2.05) is 35.1 Å². The molecule has 0 fully saturated rings. The Labute approximate surface area is 171 Å². The molecule has 0 saturated heterocycles. The molecule has 0 aliphatic rings. The number of methoxy groups -OCH3 is 2. The van der Waals surface area contributed by atoms with Crippen molar-refractivity contribution in [3.63, 3.8) is 0 Å². The summed E-state index contributed by atoms with van der Waals surface area (Å²) in [6, 6.07) is 13.5. The molecule has 7 heteroatoms. The van der Waals surface area contributed by atoms with Crippen molar-refractivity contribution in [2.24, 2.45) is 0 Å². The maximum Gasteiger partial charge on any atom is 0.252 e. The minimum absolute atomic E-state index is 0.155. The van der Waals surface area contributed by atoms with Gasteiger partial charge in [-0.3, -0.25) is 9.48 Å². The summed E-state index contributed by atoms with van der Waals surface area (Å²) >= 11 is 2.12. The van der Waals surface area contributed by atoms with Gasteiger partial charge in [0.1, 0.15) is 0 Å². The molecule has 0 unspecified atom stereocenters. The lowest BCUT2D eigenvalue weighted by Gasteiger charge is -2.12. The van der Waals surface area contributed by atoms with Gasteiger partial charge in [-0.25, -0.2) is 0 Å². The summed E-state index contributed by atoms with van der Waals surface area (Å²) in [5.74, 6) is 0.979. The Kier molecular flexibility index (Phi) is 6.33. The molecule has 1 aromatic heterocycles. The third kappa shape index (κ3) is 4.79. The number of hydrogen-bond acceptors (Lipinski definition) is 4. The number of nitrogens with one attached hydrogen (secondary N) is 1. The van der Waals surface area contributed by atoms with Gasteiger partial charge in [0.15, 0.2) is 11.5 Å². The smallest absolute Gasteiger partial charge is 0.252 e. The zero-order valence-corrected chi connectivity index (χ0v) is 17.3. The molecule has 27 heavy (non-hydrogen) atoms. The van der Waals surface area contributed by atoms with Crippen molar-refractivity contribution in [2.45, 2.75) is 13.1 Å². The SMILES string of the molecule is COc1cc(I)c(C(=O)NCc2cccc(Cn3cccn3)c2)cc1OC. The number of hydrogen-bond donors (Lipinski definition) is 1. The zero-order chi connectivity index (χ0) is 19.2. The van der Waals surface area contributed by atoms with Crippen LogP contribution in [0.4, 0.5) is 0 Å². The highest BCUT2D eigenvalue weighted by Gasteiger charge is 2.15. The number of benzene rings is 2. The van der Waals surface area contributed by atoms with Gasteiger partial charge in [0, 0.05) is 22.5 Å². The van der Waals surface area contributed by atoms with E-state index in [-0.39, 0.29) is 5.91 Å². The van der Waals surface area contributed by atoms with Crippen molar-refractivity contribution in [1.29, 1.82) is 0 Å². The Morgan fingerprint density at radius 3 is 2.56 bits per heavy atom. The van der Waals surface area contributed by atoms with Crippen LogP contribution in [-0.2, 0) is 13.1 Å². The van der Waals surface area contributed by atoms with Crippen LogP contribution in [0.5, 0.6) is 11.5 Å². The Balaban J connectivity index is 1.69. The van der Waals surface area contributed by atoms with Gasteiger partial charge < -0.3 is 14.8 Å². The first-order valence-corrected chi connectivity index (χ1v) is 9.43. The molecule has 0 bridgehead atoms. The number of carbonyl (C=O) groups excluding carboxylic acids is 1. The number of aromatic nitrogens is 2. The first-order valence-electron chi connectivity index (χ1n) is 8.35. The molecule has 6 nitrogen and oxygen atoms in total. The van der Waals surface area contributed by atoms with Crippen LogP contribution in [0.1, 0.15) is 21.5 Å². The van der Waals surface area contributed by atoms with Gasteiger partial charge in [-0.1, -0.05) is 24.3 Å². The average molecular weight is 477 g/mol. The largest absolute Gasteiger partial charge is 0.493 e. The number of carbonyl (C=O) groups is 1. The molecule has 1 heterocycles. The second kappa shape index (κ2) is 8.90. The summed E-state index contributed by atoms with van der Waals surface area (Å²) in [6.07, 6.45) is 3.68. The van der Waals surface area contributed by atoms with Crippen LogP contribution in [0.25, 0.3) is 0 Å². The standard InChI is InChI=1S/C20H20IN3O3/c1-26-18-10-16(17(21)11-19(18)27-2)20(25)22-12-14-5-3-6-15(9-14)13-24-8-4-7-23-24/h3-11H,12-13H2,1-2H3,(H,22,25). The average Bonchev–Trinajstić information content (AvgIpc) is 3.19. The number of rotatable bonds is 7. The molecule has 1 N–H and O–H groups in total. The van der Waals surface area contributed by atoms with E-state index in [1.54, 1.807) is 32.5 Å². The molecule has 3 aromatic rings. The van der Waals surface area contributed by atoms with Gasteiger partial charge in [-0.05, 0) is 51.9 Å². The quantitative estimate of drug-likeness (QED) is 0.530. The number of ether oxygens (including phenoxy) is 2. The highest BCUT2D eigenvalue weighted by atomic mass is 127. The van der Waals surface area contributed by atoms with Crippen LogP contribution in [0, 0.1) is 3.57 Å². The van der Waals surface area contributed by atoms with Crippen LogP contribution in [0.3, 0.4) is 0 Å². The highest BCUT2D eigenvalue weighted by Crippen LogP contribution is 2.31.